The number of fused-ring (bicyclic) bond motifs is 1. The number of furan rings is 1. The molecule has 0 spiro atoms. The number of nitrogens with two attached hydrogens (primary N) is 1. The van der Waals surface area contributed by atoms with E-state index in [2.05, 4.69) is 15.6 Å². The molecule has 2 amide bonds. The van der Waals surface area contributed by atoms with Crippen molar-refractivity contribution in [1.82, 2.24) is 4.98 Å². The average molecular weight is 402 g/mol. The Labute approximate surface area is 171 Å². The second kappa shape index (κ2) is 8.36. The summed E-state index contributed by atoms with van der Waals surface area (Å²) in [6.45, 7) is -0.152. The number of aromatic nitrogens is 1. The van der Waals surface area contributed by atoms with Crippen LogP contribution in [0.5, 0.6) is 5.75 Å². The van der Waals surface area contributed by atoms with Gasteiger partial charge in [0.1, 0.15) is 11.3 Å². The summed E-state index contributed by atoms with van der Waals surface area (Å²) in [4.78, 5) is 28.5. The van der Waals surface area contributed by atoms with Crippen LogP contribution in [0.15, 0.2) is 77.5 Å². The zero-order valence-corrected chi connectivity index (χ0v) is 15.8. The maximum Gasteiger partial charge on any atom is 0.291 e. The number of rotatable bonds is 6. The lowest BCUT2D eigenvalue weighted by atomic mass is 10.2. The molecule has 0 fully saturated rings. The lowest BCUT2D eigenvalue weighted by molar-refractivity contribution is -0.118. The van der Waals surface area contributed by atoms with Crippen molar-refractivity contribution in [2.45, 2.75) is 0 Å². The van der Waals surface area contributed by atoms with E-state index in [4.69, 9.17) is 14.9 Å². The molecule has 0 bridgehead atoms. The van der Waals surface area contributed by atoms with Crippen LogP contribution in [-0.2, 0) is 4.79 Å². The Hall–Kier alpha value is -4.33. The maximum absolute atomic E-state index is 12.5. The summed E-state index contributed by atoms with van der Waals surface area (Å²) in [7, 11) is 0. The highest BCUT2D eigenvalue weighted by Gasteiger charge is 2.14. The van der Waals surface area contributed by atoms with Gasteiger partial charge in [-0.2, -0.15) is 0 Å². The highest BCUT2D eigenvalue weighted by Crippen LogP contribution is 2.25. The lowest BCUT2D eigenvalue weighted by Gasteiger charge is -2.07. The molecule has 0 saturated heterocycles. The molecule has 2 heterocycles. The number of amides is 2. The molecular formula is C22H18N4O4. The Morgan fingerprint density at radius 2 is 1.90 bits per heavy atom. The molecule has 8 heteroatoms. The molecule has 30 heavy (non-hydrogen) atoms. The first-order valence-electron chi connectivity index (χ1n) is 9.10. The van der Waals surface area contributed by atoms with Gasteiger partial charge >= 0.3 is 0 Å². The summed E-state index contributed by atoms with van der Waals surface area (Å²) < 4.78 is 11.0. The van der Waals surface area contributed by atoms with Crippen LogP contribution in [-0.4, -0.2) is 23.4 Å². The van der Waals surface area contributed by atoms with E-state index in [9.17, 15) is 9.59 Å². The van der Waals surface area contributed by atoms with Gasteiger partial charge in [0.25, 0.3) is 11.8 Å². The first kappa shape index (κ1) is 19.0. The predicted octanol–water partition coefficient (Wildman–Crippen LogP) is 3.68. The highest BCUT2D eigenvalue weighted by molar-refractivity contribution is 6.06. The van der Waals surface area contributed by atoms with Crippen molar-refractivity contribution < 1.29 is 18.7 Å². The Morgan fingerprint density at radius 1 is 1.03 bits per heavy atom. The van der Waals surface area contributed by atoms with Crippen molar-refractivity contribution in [3.63, 3.8) is 0 Å². The fraction of sp³-hybridized carbons (Fsp3) is 0.0455. The molecule has 0 aliphatic heterocycles. The molecule has 0 saturated carbocycles. The average Bonchev–Trinajstić information content (AvgIpc) is 3.18. The largest absolute Gasteiger partial charge is 0.482 e. The number of benzene rings is 2. The summed E-state index contributed by atoms with van der Waals surface area (Å²) >= 11 is 0. The van der Waals surface area contributed by atoms with Gasteiger partial charge in [0.15, 0.2) is 12.4 Å². The zero-order valence-electron chi connectivity index (χ0n) is 15.8. The number of anilines is 3. The van der Waals surface area contributed by atoms with Crippen LogP contribution in [0.2, 0.25) is 0 Å². The van der Waals surface area contributed by atoms with Crippen LogP contribution < -0.4 is 21.1 Å². The summed E-state index contributed by atoms with van der Waals surface area (Å²) in [5, 5.41) is 6.14. The van der Waals surface area contributed by atoms with E-state index < -0.39 is 5.91 Å². The van der Waals surface area contributed by atoms with Crippen LogP contribution >= 0.6 is 0 Å². The Kier molecular flexibility index (Phi) is 5.29. The quantitative estimate of drug-likeness (QED) is 0.423. The van der Waals surface area contributed by atoms with Gasteiger partial charge in [-0.25, -0.2) is 0 Å². The van der Waals surface area contributed by atoms with E-state index in [1.807, 2.05) is 0 Å². The zero-order chi connectivity index (χ0) is 20.9. The molecule has 150 valence electrons. The second-order valence-electron chi connectivity index (χ2n) is 6.43. The molecule has 8 nitrogen and oxygen atoms in total. The first-order valence-corrected chi connectivity index (χ1v) is 9.10. The van der Waals surface area contributed by atoms with E-state index in [-0.39, 0.29) is 18.3 Å². The molecule has 4 rings (SSSR count). The van der Waals surface area contributed by atoms with Gasteiger partial charge in [-0.1, -0.05) is 12.1 Å². The van der Waals surface area contributed by atoms with Gasteiger partial charge in [-0.15, -0.1) is 0 Å². The summed E-state index contributed by atoms with van der Waals surface area (Å²) in [6, 6.07) is 17.1. The number of hydrogen-bond acceptors (Lipinski definition) is 6. The maximum atomic E-state index is 12.5. The number of nitrogens with one attached hydrogen (secondary N) is 2. The van der Waals surface area contributed by atoms with Gasteiger partial charge in [0, 0.05) is 17.3 Å². The molecule has 0 aliphatic rings. The molecule has 2 aromatic carbocycles. The summed E-state index contributed by atoms with van der Waals surface area (Å²) in [5.41, 5.74) is 7.89. The van der Waals surface area contributed by atoms with Crippen LogP contribution in [0.1, 0.15) is 10.6 Å². The topological polar surface area (TPSA) is 119 Å². The van der Waals surface area contributed by atoms with E-state index in [1.165, 1.54) is 6.20 Å². The molecule has 4 aromatic rings. The van der Waals surface area contributed by atoms with Crippen molar-refractivity contribution in [3.05, 3.63) is 78.8 Å². The number of nitrogens with zero attached hydrogens (tertiary/aromatic N) is 1. The normalized spacial score (nSPS) is 10.5. The molecule has 2 aromatic heterocycles. The van der Waals surface area contributed by atoms with Crippen LogP contribution in [0.3, 0.4) is 0 Å². The minimum atomic E-state index is -0.417. The monoisotopic (exact) mass is 402 g/mol. The number of hydrogen-bond donors (Lipinski definition) is 3. The Bertz CT molecular complexity index is 1200. The minimum Gasteiger partial charge on any atom is -0.482 e. The second-order valence-corrected chi connectivity index (χ2v) is 6.43. The number of ether oxygens (including phenoxy) is 1. The molecule has 0 radical (unpaired) electrons. The van der Waals surface area contributed by atoms with Crippen molar-refractivity contribution in [1.29, 1.82) is 0 Å². The van der Waals surface area contributed by atoms with E-state index >= 15 is 0 Å². The van der Waals surface area contributed by atoms with Gasteiger partial charge in [-0.3, -0.25) is 14.6 Å². The third-order valence-electron chi connectivity index (χ3n) is 4.24. The first-order chi connectivity index (χ1) is 14.6. The number of para-hydroxylation sites is 2. The Balaban J connectivity index is 1.42. The molecule has 0 aliphatic carbocycles. The van der Waals surface area contributed by atoms with Gasteiger partial charge in [0.2, 0.25) is 0 Å². The van der Waals surface area contributed by atoms with Gasteiger partial charge < -0.3 is 25.5 Å². The fourth-order valence-electron chi connectivity index (χ4n) is 2.81. The molecule has 0 atom stereocenters. The van der Waals surface area contributed by atoms with Crippen molar-refractivity contribution in [2.75, 3.05) is 23.0 Å². The van der Waals surface area contributed by atoms with Crippen LogP contribution in [0.25, 0.3) is 11.0 Å². The van der Waals surface area contributed by atoms with Crippen LogP contribution in [0, 0.1) is 0 Å². The number of carbonyl (C=O) groups excluding carboxylic acids is 2. The number of carbonyl (C=O) groups is 2. The van der Waals surface area contributed by atoms with Crippen LogP contribution in [0.4, 0.5) is 17.1 Å². The predicted molar refractivity (Wildman–Crippen MR) is 113 cm³/mol. The van der Waals surface area contributed by atoms with Crippen molar-refractivity contribution in [3.8, 4) is 5.75 Å². The number of nitrogen functional groups attached to an aromatic ring is 1. The van der Waals surface area contributed by atoms with Crippen molar-refractivity contribution >= 4 is 39.8 Å². The fourth-order valence-corrected chi connectivity index (χ4v) is 2.81. The highest BCUT2D eigenvalue weighted by atomic mass is 16.5. The van der Waals surface area contributed by atoms with Gasteiger partial charge in [-0.05, 0) is 48.5 Å². The lowest BCUT2D eigenvalue weighted by Crippen LogP contribution is -2.20. The van der Waals surface area contributed by atoms with E-state index in [1.54, 1.807) is 66.9 Å². The van der Waals surface area contributed by atoms with Crippen molar-refractivity contribution in [2.24, 2.45) is 0 Å². The Morgan fingerprint density at radius 3 is 2.70 bits per heavy atom. The molecular weight excluding hydrogens is 384 g/mol. The summed E-state index contributed by atoms with van der Waals surface area (Å²) in [6.07, 6.45) is 3.15. The van der Waals surface area contributed by atoms with E-state index in [0.29, 0.717) is 33.8 Å². The standard InChI is InChI=1S/C22H18N4O4/c23-17-5-1-2-6-18(17)26-22(28)20-11-14-10-15(7-8-19(14)30-20)25-21(27)13-29-16-4-3-9-24-12-16/h1-12H,13,23H2,(H,25,27)(H,26,28). The number of pyridine rings is 1. The smallest absolute Gasteiger partial charge is 0.291 e. The molecule has 0 unspecified atom stereocenters. The minimum absolute atomic E-state index is 0.136. The van der Waals surface area contributed by atoms with Gasteiger partial charge in [0.05, 0.1) is 17.6 Å². The third kappa shape index (κ3) is 4.39. The summed E-state index contributed by atoms with van der Waals surface area (Å²) in [5.74, 6) is -0.0944. The third-order valence-corrected chi connectivity index (χ3v) is 4.24. The molecule has 4 N–H and O–H groups in total. The van der Waals surface area contributed by atoms with E-state index in [0.717, 1.165) is 0 Å². The SMILES string of the molecule is Nc1ccccc1NC(=O)c1cc2cc(NC(=O)COc3cccnc3)ccc2o1.